The van der Waals surface area contributed by atoms with Gasteiger partial charge in [-0.3, -0.25) is 0 Å². The molecule has 6 heavy (non-hydrogen) atoms. The molecule has 1 unspecified atom stereocenters. The lowest BCUT2D eigenvalue weighted by atomic mass is 12.0. The summed E-state index contributed by atoms with van der Waals surface area (Å²) in [4.78, 5) is 9.48. The summed E-state index contributed by atoms with van der Waals surface area (Å²) in [5.41, 5.74) is 0. The molecule has 0 aromatic rings. The SMILES string of the molecule is CS[S+](C)N=O. The molecule has 0 aliphatic rings. The Bertz CT molecular complexity index is 48.8. The van der Waals surface area contributed by atoms with Crippen LogP contribution in [-0.4, -0.2) is 12.5 Å². The van der Waals surface area contributed by atoms with Gasteiger partial charge in [-0.2, -0.15) is 0 Å². The topological polar surface area (TPSA) is 29.4 Å². The number of hydrogen-bond acceptors (Lipinski definition) is 3. The molecule has 0 N–H and O–H groups in total. The molecule has 1 atom stereocenters. The fourth-order valence-corrected chi connectivity index (χ4v) is 0.274. The van der Waals surface area contributed by atoms with Crippen LogP contribution in [0.2, 0.25) is 0 Å². The first-order chi connectivity index (χ1) is 2.81. The van der Waals surface area contributed by atoms with Crippen molar-refractivity contribution in [3.05, 3.63) is 4.91 Å². The highest BCUT2D eigenvalue weighted by atomic mass is 33.1. The highest BCUT2D eigenvalue weighted by Gasteiger charge is 2.06. The molecular weight excluding hydrogens is 118 g/mol. The van der Waals surface area contributed by atoms with Gasteiger partial charge in [-0.15, -0.1) is 0 Å². The molecule has 0 rings (SSSR count). The number of rotatable bonds is 2. The molecule has 0 aliphatic heterocycles. The van der Waals surface area contributed by atoms with Crippen molar-refractivity contribution >= 4 is 20.9 Å². The van der Waals surface area contributed by atoms with E-state index < -0.39 is 0 Å². The lowest BCUT2D eigenvalue weighted by molar-refractivity contribution is 1.86. The first-order valence-electron chi connectivity index (χ1n) is 1.35. The van der Waals surface area contributed by atoms with Crippen LogP contribution in [0.5, 0.6) is 0 Å². The van der Waals surface area contributed by atoms with Crippen LogP contribution in [0.4, 0.5) is 0 Å². The molecule has 0 aliphatic carbocycles. The minimum Gasteiger partial charge on any atom is -0.0947 e. The summed E-state index contributed by atoms with van der Waals surface area (Å²) in [5, 5.41) is 0. The average Bonchev–Trinajstić information content (AvgIpc) is 1.65. The van der Waals surface area contributed by atoms with Crippen molar-refractivity contribution in [1.29, 1.82) is 0 Å². The zero-order valence-corrected chi connectivity index (χ0v) is 5.30. The molecular formula is C2H6NOS2+. The predicted molar refractivity (Wildman–Crippen MR) is 32.6 cm³/mol. The summed E-state index contributed by atoms with van der Waals surface area (Å²) >= 11 is 0. The summed E-state index contributed by atoms with van der Waals surface area (Å²) in [6, 6.07) is 0. The second kappa shape index (κ2) is 3.49. The fraction of sp³-hybridized carbons (Fsp3) is 1.00. The lowest BCUT2D eigenvalue weighted by Crippen LogP contribution is -1.78. The van der Waals surface area contributed by atoms with Crippen molar-refractivity contribution in [3.8, 4) is 0 Å². The van der Waals surface area contributed by atoms with Gasteiger partial charge in [0, 0.05) is 6.26 Å². The Morgan fingerprint density at radius 3 is 2.33 bits per heavy atom. The Morgan fingerprint density at radius 2 is 2.33 bits per heavy atom. The lowest BCUT2D eigenvalue weighted by Gasteiger charge is -1.72. The van der Waals surface area contributed by atoms with Crippen LogP contribution < -0.4 is 0 Å². The molecule has 0 bridgehead atoms. The van der Waals surface area contributed by atoms with Crippen LogP contribution in [0.15, 0.2) is 4.58 Å². The Labute approximate surface area is 43.5 Å². The number of hydrogen-bond donors (Lipinski definition) is 0. The number of nitrogens with zero attached hydrogens (tertiary/aromatic N) is 1. The third-order valence-corrected chi connectivity index (χ3v) is 2.67. The van der Waals surface area contributed by atoms with Gasteiger partial charge in [-0.1, -0.05) is 4.91 Å². The summed E-state index contributed by atoms with van der Waals surface area (Å²) < 4.78 is 2.75. The van der Waals surface area contributed by atoms with E-state index in [2.05, 4.69) is 4.58 Å². The summed E-state index contributed by atoms with van der Waals surface area (Å²) in [6.45, 7) is 0. The van der Waals surface area contributed by atoms with Crippen LogP contribution in [0.1, 0.15) is 0 Å². The van der Waals surface area contributed by atoms with Gasteiger partial charge in [0.1, 0.15) is 17.0 Å². The summed E-state index contributed by atoms with van der Waals surface area (Å²) in [7, 11) is 1.18. The van der Waals surface area contributed by atoms with E-state index in [1.807, 2.05) is 6.26 Å². The molecule has 2 nitrogen and oxygen atoms in total. The molecule has 4 heteroatoms. The predicted octanol–water partition coefficient (Wildman–Crippen LogP) is 1.19. The van der Waals surface area contributed by atoms with Crippen LogP contribution in [0.3, 0.4) is 0 Å². The van der Waals surface area contributed by atoms with Gasteiger partial charge in [0.25, 0.3) is 0 Å². The van der Waals surface area contributed by atoms with Gasteiger partial charge in [0.15, 0.2) is 4.58 Å². The normalized spacial score (nSPS) is 13.7. The van der Waals surface area contributed by atoms with E-state index in [9.17, 15) is 4.91 Å². The fourth-order valence-electron chi connectivity index (χ4n) is 0.0304. The van der Waals surface area contributed by atoms with E-state index in [1.165, 1.54) is 10.8 Å². The van der Waals surface area contributed by atoms with Crippen molar-refractivity contribution in [3.63, 3.8) is 0 Å². The zero-order valence-electron chi connectivity index (χ0n) is 3.67. The van der Waals surface area contributed by atoms with E-state index >= 15 is 0 Å². The molecule has 0 saturated carbocycles. The van der Waals surface area contributed by atoms with Crippen LogP contribution >= 0.6 is 10.8 Å². The average molecular weight is 124 g/mol. The van der Waals surface area contributed by atoms with Gasteiger partial charge in [0.2, 0.25) is 10.1 Å². The van der Waals surface area contributed by atoms with E-state index in [4.69, 9.17) is 0 Å². The van der Waals surface area contributed by atoms with Crippen molar-refractivity contribution in [2.24, 2.45) is 4.58 Å². The van der Waals surface area contributed by atoms with Crippen molar-refractivity contribution < 1.29 is 0 Å². The minimum atomic E-state index is -0.298. The van der Waals surface area contributed by atoms with E-state index in [0.717, 1.165) is 0 Å². The molecule has 0 spiro atoms. The quantitative estimate of drug-likeness (QED) is 0.314. The van der Waals surface area contributed by atoms with Crippen molar-refractivity contribution in [2.45, 2.75) is 0 Å². The highest BCUT2D eigenvalue weighted by molar-refractivity contribution is 8.73. The van der Waals surface area contributed by atoms with E-state index in [-0.39, 0.29) is 10.1 Å². The second-order valence-electron chi connectivity index (χ2n) is 0.665. The molecule has 36 valence electrons. The van der Waals surface area contributed by atoms with Crippen LogP contribution in [-0.2, 0) is 10.1 Å². The number of nitroso groups, excluding NO2 is 1. The molecule has 0 heterocycles. The van der Waals surface area contributed by atoms with E-state index in [0.29, 0.717) is 0 Å². The van der Waals surface area contributed by atoms with Crippen molar-refractivity contribution in [2.75, 3.05) is 12.5 Å². The maximum Gasteiger partial charge on any atom is 0.239 e. The summed E-state index contributed by atoms with van der Waals surface area (Å²) in [6.07, 6.45) is 3.65. The van der Waals surface area contributed by atoms with Gasteiger partial charge in [0.05, 0.1) is 0 Å². The third-order valence-electron chi connectivity index (χ3n) is 0.346. The van der Waals surface area contributed by atoms with Gasteiger partial charge >= 0.3 is 0 Å². The minimum absolute atomic E-state index is 0.298. The Hall–Kier alpha value is 0.300. The van der Waals surface area contributed by atoms with Gasteiger partial charge in [-0.25, -0.2) is 0 Å². The Kier molecular flexibility index (Phi) is 3.66. The van der Waals surface area contributed by atoms with Gasteiger partial charge in [-0.05, 0) is 0 Å². The maximum atomic E-state index is 9.48. The zero-order chi connectivity index (χ0) is 4.99. The Morgan fingerprint density at radius 1 is 1.83 bits per heavy atom. The highest BCUT2D eigenvalue weighted by Crippen LogP contribution is 2.07. The second-order valence-corrected chi connectivity index (χ2v) is 4.44. The monoisotopic (exact) mass is 124 g/mol. The van der Waals surface area contributed by atoms with Gasteiger partial charge < -0.3 is 0 Å². The van der Waals surface area contributed by atoms with E-state index in [1.54, 1.807) is 6.26 Å². The molecule has 0 radical (unpaired) electrons. The summed E-state index contributed by atoms with van der Waals surface area (Å²) in [5.74, 6) is 0. The van der Waals surface area contributed by atoms with Crippen LogP contribution in [0, 0.1) is 4.91 Å². The smallest absolute Gasteiger partial charge is 0.0947 e. The first-order valence-corrected chi connectivity index (χ1v) is 4.68. The first kappa shape index (κ1) is 6.30. The molecule has 0 saturated heterocycles. The van der Waals surface area contributed by atoms with Crippen LogP contribution in [0.25, 0.3) is 0 Å². The standard InChI is InChI=1S/C2H6NOS2/c1-5-6(2)3-4/h1-2H3/q+1. The molecule has 0 aromatic heterocycles. The maximum absolute atomic E-state index is 9.48. The molecule has 0 fully saturated rings. The molecule has 0 amide bonds. The molecule has 0 aromatic carbocycles. The largest absolute Gasteiger partial charge is 0.239 e. The third kappa shape index (κ3) is 2.53. The van der Waals surface area contributed by atoms with Crippen molar-refractivity contribution in [1.82, 2.24) is 0 Å². The Balaban J connectivity index is 2.96.